The van der Waals surface area contributed by atoms with Crippen molar-refractivity contribution in [2.45, 2.75) is 12.8 Å². The second kappa shape index (κ2) is 8.62. The van der Waals surface area contributed by atoms with Crippen molar-refractivity contribution in [3.63, 3.8) is 0 Å². The van der Waals surface area contributed by atoms with E-state index in [1.165, 1.54) is 18.5 Å². The van der Waals surface area contributed by atoms with E-state index in [1.54, 1.807) is 12.4 Å². The summed E-state index contributed by atoms with van der Waals surface area (Å²) in [6, 6.07) is 7.97. The van der Waals surface area contributed by atoms with Gasteiger partial charge in [0, 0.05) is 49.9 Å². The lowest BCUT2D eigenvalue weighted by atomic mass is 10.2. The van der Waals surface area contributed by atoms with Gasteiger partial charge >= 0.3 is 0 Å². The number of hydrogen-bond donors (Lipinski definition) is 2. The summed E-state index contributed by atoms with van der Waals surface area (Å²) in [5, 5.41) is 6.01. The first-order valence-corrected chi connectivity index (χ1v) is 8.99. The number of nitrogens with zero attached hydrogens (tertiary/aromatic N) is 4. The number of benzene rings is 1. The Morgan fingerprint density at radius 1 is 1.12 bits per heavy atom. The normalized spacial score (nSPS) is 13.9. The van der Waals surface area contributed by atoms with E-state index in [-0.39, 0.29) is 5.91 Å². The Hall–Kier alpha value is -2.67. The van der Waals surface area contributed by atoms with Gasteiger partial charge in [0.05, 0.1) is 5.56 Å². The van der Waals surface area contributed by atoms with Crippen molar-refractivity contribution >= 4 is 23.2 Å². The highest BCUT2D eigenvalue weighted by Crippen LogP contribution is 2.22. The molecule has 1 aromatic carbocycles. The van der Waals surface area contributed by atoms with E-state index in [0.717, 1.165) is 31.9 Å². The fraction of sp³-hybridized carbons (Fsp3) is 0.421. The van der Waals surface area contributed by atoms with Crippen molar-refractivity contribution in [3.8, 4) is 0 Å². The molecule has 138 valence electrons. The van der Waals surface area contributed by atoms with Gasteiger partial charge in [-0.25, -0.2) is 9.97 Å². The number of carbonyl (C=O) groups excluding carboxylic acids is 1. The van der Waals surface area contributed by atoms with E-state index < -0.39 is 0 Å². The molecule has 1 amide bonds. The Morgan fingerprint density at radius 2 is 1.77 bits per heavy atom. The van der Waals surface area contributed by atoms with Gasteiger partial charge in [0.2, 0.25) is 5.95 Å². The SMILES string of the molecule is CN(C)CCNc1ncc(C(=O)Nc2ccc(N3CCCC3)cc2)cn1. The zero-order valence-electron chi connectivity index (χ0n) is 15.4. The van der Waals surface area contributed by atoms with Crippen LogP contribution in [0, 0.1) is 0 Å². The Bertz CT molecular complexity index is 708. The molecule has 0 unspecified atom stereocenters. The maximum absolute atomic E-state index is 12.3. The molecule has 2 heterocycles. The number of hydrogen-bond acceptors (Lipinski definition) is 6. The minimum atomic E-state index is -0.209. The molecule has 7 heteroatoms. The standard InChI is InChI=1S/C19H26N6O/c1-24(2)12-9-20-19-21-13-15(14-22-19)18(26)23-16-5-7-17(8-6-16)25-10-3-4-11-25/h5-8,13-14H,3-4,9-12H2,1-2H3,(H,23,26)(H,20,21,22). The molecule has 0 spiro atoms. The minimum Gasteiger partial charge on any atom is -0.372 e. The molecular weight excluding hydrogens is 328 g/mol. The lowest BCUT2D eigenvalue weighted by Gasteiger charge is -2.17. The molecule has 3 rings (SSSR count). The highest BCUT2D eigenvalue weighted by Gasteiger charge is 2.12. The summed E-state index contributed by atoms with van der Waals surface area (Å²) in [6.45, 7) is 3.86. The summed E-state index contributed by atoms with van der Waals surface area (Å²) in [6.07, 6.45) is 5.58. The highest BCUT2D eigenvalue weighted by atomic mass is 16.1. The molecular formula is C19H26N6O. The van der Waals surface area contributed by atoms with Crippen LogP contribution in [0.15, 0.2) is 36.7 Å². The topological polar surface area (TPSA) is 73.4 Å². The summed E-state index contributed by atoms with van der Waals surface area (Å²) in [5.41, 5.74) is 2.41. The third kappa shape index (κ3) is 4.92. The van der Waals surface area contributed by atoms with E-state index in [9.17, 15) is 4.79 Å². The van der Waals surface area contributed by atoms with Crippen LogP contribution in [0.3, 0.4) is 0 Å². The second-order valence-electron chi connectivity index (χ2n) is 6.72. The first-order valence-electron chi connectivity index (χ1n) is 8.99. The summed E-state index contributed by atoms with van der Waals surface area (Å²) < 4.78 is 0. The predicted octanol–water partition coefficient (Wildman–Crippen LogP) is 2.30. The fourth-order valence-electron chi connectivity index (χ4n) is 2.86. The molecule has 0 bridgehead atoms. The van der Waals surface area contributed by atoms with Gasteiger partial charge in [-0.1, -0.05) is 0 Å². The number of likely N-dealkylation sites (N-methyl/N-ethyl adjacent to an activating group) is 1. The Labute approximate surface area is 154 Å². The monoisotopic (exact) mass is 354 g/mol. The molecule has 1 fully saturated rings. The summed E-state index contributed by atoms with van der Waals surface area (Å²) >= 11 is 0. The van der Waals surface area contributed by atoms with Gasteiger partial charge in [0.1, 0.15) is 0 Å². The molecule has 7 nitrogen and oxygen atoms in total. The van der Waals surface area contributed by atoms with Crippen molar-refractivity contribution in [3.05, 3.63) is 42.2 Å². The molecule has 26 heavy (non-hydrogen) atoms. The third-order valence-corrected chi connectivity index (χ3v) is 4.35. The van der Waals surface area contributed by atoms with E-state index in [4.69, 9.17) is 0 Å². The van der Waals surface area contributed by atoms with Gasteiger partial charge in [0.25, 0.3) is 5.91 Å². The smallest absolute Gasteiger partial charge is 0.258 e. The van der Waals surface area contributed by atoms with Gasteiger partial charge in [-0.15, -0.1) is 0 Å². The van der Waals surface area contributed by atoms with E-state index in [1.807, 2.05) is 26.2 Å². The van der Waals surface area contributed by atoms with Crippen molar-refractivity contribution < 1.29 is 4.79 Å². The number of rotatable bonds is 7. The van der Waals surface area contributed by atoms with Gasteiger partial charge < -0.3 is 20.4 Å². The number of nitrogens with one attached hydrogen (secondary N) is 2. The van der Waals surface area contributed by atoms with Crippen LogP contribution in [0.1, 0.15) is 23.2 Å². The largest absolute Gasteiger partial charge is 0.372 e. The molecule has 1 saturated heterocycles. The number of anilines is 3. The van der Waals surface area contributed by atoms with Crippen LogP contribution < -0.4 is 15.5 Å². The van der Waals surface area contributed by atoms with Crippen LogP contribution in [0.4, 0.5) is 17.3 Å². The van der Waals surface area contributed by atoms with E-state index >= 15 is 0 Å². The van der Waals surface area contributed by atoms with Crippen LogP contribution in [0.2, 0.25) is 0 Å². The van der Waals surface area contributed by atoms with Crippen LogP contribution in [-0.2, 0) is 0 Å². The van der Waals surface area contributed by atoms with Gasteiger partial charge in [-0.3, -0.25) is 4.79 Å². The van der Waals surface area contributed by atoms with Gasteiger partial charge in [-0.05, 0) is 51.2 Å². The zero-order valence-corrected chi connectivity index (χ0v) is 15.4. The Balaban J connectivity index is 1.54. The van der Waals surface area contributed by atoms with Crippen molar-refractivity contribution in [2.24, 2.45) is 0 Å². The number of aromatic nitrogens is 2. The quantitative estimate of drug-likeness (QED) is 0.795. The van der Waals surface area contributed by atoms with Crippen LogP contribution in [0.25, 0.3) is 0 Å². The maximum atomic E-state index is 12.3. The maximum Gasteiger partial charge on any atom is 0.258 e. The summed E-state index contributed by atoms with van der Waals surface area (Å²) in [5.74, 6) is 0.317. The van der Waals surface area contributed by atoms with Crippen molar-refractivity contribution in [2.75, 3.05) is 55.8 Å². The lowest BCUT2D eigenvalue weighted by molar-refractivity contribution is 0.102. The number of carbonyl (C=O) groups is 1. The summed E-state index contributed by atoms with van der Waals surface area (Å²) in [7, 11) is 4.02. The van der Waals surface area contributed by atoms with Gasteiger partial charge in [0.15, 0.2) is 0 Å². The molecule has 2 N–H and O–H groups in total. The molecule has 0 atom stereocenters. The average Bonchev–Trinajstić information content (AvgIpc) is 3.17. The number of amides is 1. The minimum absolute atomic E-state index is 0.209. The van der Waals surface area contributed by atoms with Crippen LogP contribution >= 0.6 is 0 Å². The van der Waals surface area contributed by atoms with Crippen LogP contribution in [0.5, 0.6) is 0 Å². The van der Waals surface area contributed by atoms with E-state index in [0.29, 0.717) is 11.5 Å². The zero-order chi connectivity index (χ0) is 18.4. The first kappa shape index (κ1) is 18.1. The summed E-state index contributed by atoms with van der Waals surface area (Å²) in [4.78, 5) is 25.2. The lowest BCUT2D eigenvalue weighted by Crippen LogP contribution is -2.21. The average molecular weight is 354 g/mol. The van der Waals surface area contributed by atoms with Crippen molar-refractivity contribution in [1.82, 2.24) is 14.9 Å². The van der Waals surface area contributed by atoms with Crippen LogP contribution in [-0.4, -0.2) is 61.0 Å². The molecule has 2 aromatic rings. The fourth-order valence-corrected chi connectivity index (χ4v) is 2.86. The third-order valence-electron chi connectivity index (χ3n) is 4.35. The van der Waals surface area contributed by atoms with Crippen molar-refractivity contribution in [1.29, 1.82) is 0 Å². The van der Waals surface area contributed by atoms with Gasteiger partial charge in [-0.2, -0.15) is 0 Å². The molecule has 0 aliphatic carbocycles. The van der Waals surface area contributed by atoms with E-state index in [2.05, 4.69) is 42.5 Å². The Morgan fingerprint density at radius 3 is 2.38 bits per heavy atom. The molecule has 1 aromatic heterocycles. The first-order chi connectivity index (χ1) is 12.6. The molecule has 0 radical (unpaired) electrons. The molecule has 0 saturated carbocycles. The second-order valence-corrected chi connectivity index (χ2v) is 6.72. The molecule has 1 aliphatic heterocycles. The molecule has 1 aliphatic rings. The predicted molar refractivity (Wildman–Crippen MR) is 105 cm³/mol. The Kier molecular flexibility index (Phi) is 6.01. The highest BCUT2D eigenvalue weighted by molar-refractivity contribution is 6.03.